The summed E-state index contributed by atoms with van der Waals surface area (Å²) in [4.78, 5) is 6.10. The number of hydrogen-bond acceptors (Lipinski definition) is 3. The van der Waals surface area contributed by atoms with Crippen molar-refractivity contribution in [3.05, 3.63) is 42.5 Å². The predicted octanol–water partition coefficient (Wildman–Crippen LogP) is 2.13. The zero-order chi connectivity index (χ0) is 12.8. The maximum atomic E-state index is 13.8. The van der Waals surface area contributed by atoms with Crippen LogP contribution < -0.4 is 5.32 Å². The number of nitrogens with one attached hydrogen (secondary N) is 1. The smallest absolute Gasteiger partial charge is 0.217 e. The van der Waals surface area contributed by atoms with Crippen molar-refractivity contribution < 1.29 is 4.39 Å². The summed E-state index contributed by atoms with van der Waals surface area (Å²) in [7, 11) is 0. The van der Waals surface area contributed by atoms with Crippen molar-refractivity contribution in [3.63, 3.8) is 0 Å². The maximum Gasteiger partial charge on any atom is 0.217 e. The quantitative estimate of drug-likeness (QED) is 0.640. The Bertz CT molecular complexity index is 388. The summed E-state index contributed by atoms with van der Waals surface area (Å²) in [6.45, 7) is 7.59. The molecule has 1 aromatic rings. The van der Waals surface area contributed by atoms with Gasteiger partial charge in [0.25, 0.3) is 0 Å². The van der Waals surface area contributed by atoms with Crippen LogP contribution in [0.15, 0.2) is 31.0 Å². The zero-order valence-corrected chi connectivity index (χ0v) is 10.6. The highest BCUT2D eigenvalue weighted by Gasteiger charge is 2.24. The lowest BCUT2D eigenvalue weighted by molar-refractivity contribution is 0.162. The Morgan fingerprint density at radius 1 is 1.50 bits per heavy atom. The van der Waals surface area contributed by atoms with Gasteiger partial charge in [-0.2, -0.15) is 4.39 Å². The van der Waals surface area contributed by atoms with Gasteiger partial charge < -0.3 is 5.32 Å². The molecule has 1 N–H and O–H groups in total. The van der Waals surface area contributed by atoms with Crippen LogP contribution in [0.5, 0.6) is 0 Å². The Morgan fingerprint density at radius 3 is 2.94 bits per heavy atom. The van der Waals surface area contributed by atoms with Crippen molar-refractivity contribution in [2.45, 2.75) is 18.9 Å². The molecule has 0 aromatic carbocycles. The number of halogens is 1. The Balaban J connectivity index is 2.18. The molecule has 0 radical (unpaired) electrons. The van der Waals surface area contributed by atoms with Crippen molar-refractivity contribution in [1.29, 1.82) is 0 Å². The summed E-state index contributed by atoms with van der Waals surface area (Å²) >= 11 is 0. The third kappa shape index (κ3) is 3.15. The molecule has 0 unspecified atom stereocenters. The van der Waals surface area contributed by atoms with Gasteiger partial charge in [0.15, 0.2) is 0 Å². The second-order valence-electron chi connectivity index (χ2n) is 4.55. The number of pyridine rings is 1. The van der Waals surface area contributed by atoms with Gasteiger partial charge >= 0.3 is 0 Å². The fraction of sp³-hybridized carbons (Fsp3) is 0.500. The maximum absolute atomic E-state index is 13.8. The summed E-state index contributed by atoms with van der Waals surface area (Å²) in [5.74, 6) is -0.343. The van der Waals surface area contributed by atoms with Crippen molar-refractivity contribution in [1.82, 2.24) is 15.2 Å². The van der Waals surface area contributed by atoms with E-state index in [1.165, 1.54) is 6.20 Å². The van der Waals surface area contributed by atoms with Crippen molar-refractivity contribution in [2.75, 3.05) is 26.2 Å². The van der Waals surface area contributed by atoms with Crippen LogP contribution in [-0.2, 0) is 0 Å². The molecule has 1 aliphatic heterocycles. The molecular weight excluding hydrogens is 229 g/mol. The van der Waals surface area contributed by atoms with Crippen molar-refractivity contribution in [3.8, 4) is 0 Å². The highest BCUT2D eigenvalue weighted by atomic mass is 19.1. The minimum Gasteiger partial charge on any atom is -0.314 e. The molecule has 1 atom stereocenters. The minimum atomic E-state index is -0.343. The van der Waals surface area contributed by atoms with Crippen LogP contribution in [0.25, 0.3) is 0 Å². The lowest BCUT2D eigenvalue weighted by Crippen LogP contribution is -2.45. The second kappa shape index (κ2) is 6.61. The Morgan fingerprint density at radius 2 is 2.28 bits per heavy atom. The zero-order valence-electron chi connectivity index (χ0n) is 10.6. The SMILES string of the molecule is C=CCC[C@H](c1cccnc1F)N1CCNCC1. The van der Waals surface area contributed by atoms with Crippen LogP contribution in [0, 0.1) is 5.95 Å². The Hall–Kier alpha value is -1.26. The number of piperazine rings is 1. The number of hydrogen-bond donors (Lipinski definition) is 1. The molecule has 0 bridgehead atoms. The van der Waals surface area contributed by atoms with Gasteiger partial charge in [0, 0.05) is 44.0 Å². The molecule has 1 saturated heterocycles. The van der Waals surface area contributed by atoms with Gasteiger partial charge in [-0.3, -0.25) is 4.90 Å². The van der Waals surface area contributed by atoms with E-state index in [0.717, 1.165) is 39.0 Å². The Labute approximate surface area is 108 Å². The lowest BCUT2D eigenvalue weighted by Gasteiger charge is -2.35. The third-order valence-electron chi connectivity index (χ3n) is 3.38. The molecule has 4 heteroatoms. The molecule has 0 saturated carbocycles. The molecule has 2 rings (SSSR count). The van der Waals surface area contributed by atoms with E-state index in [1.807, 2.05) is 18.2 Å². The summed E-state index contributed by atoms with van der Waals surface area (Å²) < 4.78 is 13.8. The van der Waals surface area contributed by atoms with E-state index in [-0.39, 0.29) is 12.0 Å². The van der Waals surface area contributed by atoms with Crippen LogP contribution in [0.2, 0.25) is 0 Å². The van der Waals surface area contributed by atoms with Crippen LogP contribution in [0.3, 0.4) is 0 Å². The van der Waals surface area contributed by atoms with E-state index in [0.29, 0.717) is 5.56 Å². The van der Waals surface area contributed by atoms with Gasteiger partial charge in [-0.25, -0.2) is 4.98 Å². The van der Waals surface area contributed by atoms with E-state index in [1.54, 1.807) is 0 Å². The second-order valence-corrected chi connectivity index (χ2v) is 4.55. The van der Waals surface area contributed by atoms with E-state index in [2.05, 4.69) is 21.8 Å². The van der Waals surface area contributed by atoms with E-state index in [9.17, 15) is 4.39 Å². The normalized spacial score (nSPS) is 18.5. The number of rotatable bonds is 5. The average Bonchev–Trinajstić information content (AvgIpc) is 2.42. The molecule has 98 valence electrons. The molecule has 1 fully saturated rings. The fourth-order valence-electron chi connectivity index (χ4n) is 2.45. The number of aromatic nitrogens is 1. The molecule has 0 aliphatic carbocycles. The summed E-state index contributed by atoms with van der Waals surface area (Å²) in [6.07, 6.45) is 5.18. The third-order valence-corrected chi connectivity index (χ3v) is 3.38. The number of nitrogens with zero attached hydrogens (tertiary/aromatic N) is 2. The first-order valence-corrected chi connectivity index (χ1v) is 6.49. The Kier molecular flexibility index (Phi) is 4.84. The van der Waals surface area contributed by atoms with Crippen LogP contribution >= 0.6 is 0 Å². The van der Waals surface area contributed by atoms with E-state index >= 15 is 0 Å². The molecular formula is C14H20FN3. The van der Waals surface area contributed by atoms with Gasteiger partial charge in [-0.15, -0.1) is 6.58 Å². The average molecular weight is 249 g/mol. The summed E-state index contributed by atoms with van der Waals surface area (Å²) in [6, 6.07) is 3.76. The first-order chi connectivity index (χ1) is 8.83. The predicted molar refractivity (Wildman–Crippen MR) is 70.8 cm³/mol. The van der Waals surface area contributed by atoms with Gasteiger partial charge in [0.2, 0.25) is 5.95 Å². The topological polar surface area (TPSA) is 28.2 Å². The lowest BCUT2D eigenvalue weighted by atomic mass is 10.0. The standard InChI is InChI=1S/C14H20FN3/c1-2-3-6-13(18-10-8-16-9-11-18)12-5-4-7-17-14(12)15/h2,4-5,7,13,16H,1,3,6,8-11H2/t13-/m1/s1. The van der Waals surface area contributed by atoms with Gasteiger partial charge in [0.1, 0.15) is 0 Å². The first kappa shape index (κ1) is 13.2. The first-order valence-electron chi connectivity index (χ1n) is 6.49. The highest BCUT2D eigenvalue weighted by molar-refractivity contribution is 5.16. The van der Waals surface area contributed by atoms with Crippen molar-refractivity contribution >= 4 is 0 Å². The number of allylic oxidation sites excluding steroid dienone is 1. The van der Waals surface area contributed by atoms with Crippen LogP contribution in [0.4, 0.5) is 4.39 Å². The van der Waals surface area contributed by atoms with E-state index < -0.39 is 0 Å². The molecule has 3 nitrogen and oxygen atoms in total. The van der Waals surface area contributed by atoms with Gasteiger partial charge in [-0.1, -0.05) is 12.1 Å². The molecule has 18 heavy (non-hydrogen) atoms. The molecule has 1 aliphatic rings. The van der Waals surface area contributed by atoms with Gasteiger partial charge in [-0.05, 0) is 18.9 Å². The van der Waals surface area contributed by atoms with Crippen molar-refractivity contribution in [2.24, 2.45) is 0 Å². The minimum absolute atomic E-state index is 0.110. The largest absolute Gasteiger partial charge is 0.314 e. The molecule has 1 aromatic heterocycles. The highest BCUT2D eigenvalue weighted by Crippen LogP contribution is 2.27. The molecule has 0 amide bonds. The summed E-state index contributed by atoms with van der Waals surface area (Å²) in [5, 5.41) is 3.32. The molecule has 2 heterocycles. The van der Waals surface area contributed by atoms with Crippen LogP contribution in [0.1, 0.15) is 24.4 Å². The fourth-order valence-corrected chi connectivity index (χ4v) is 2.45. The monoisotopic (exact) mass is 249 g/mol. The van der Waals surface area contributed by atoms with Gasteiger partial charge in [0.05, 0.1) is 0 Å². The van der Waals surface area contributed by atoms with Crippen LogP contribution in [-0.4, -0.2) is 36.1 Å². The van der Waals surface area contributed by atoms with E-state index in [4.69, 9.17) is 0 Å². The molecule has 0 spiro atoms. The summed E-state index contributed by atoms with van der Waals surface area (Å²) in [5.41, 5.74) is 0.709.